The fourth-order valence-electron chi connectivity index (χ4n) is 2.48. The largest absolute Gasteiger partial charge is 0.489 e. The molecule has 1 heterocycles. The van der Waals surface area contributed by atoms with E-state index in [1.807, 2.05) is 29.7 Å². The van der Waals surface area contributed by atoms with Gasteiger partial charge in [-0.1, -0.05) is 12.1 Å². The number of benzene rings is 1. The minimum absolute atomic E-state index is 0.0148. The Morgan fingerprint density at radius 2 is 2.04 bits per heavy atom. The van der Waals surface area contributed by atoms with Gasteiger partial charge in [0.25, 0.3) is 0 Å². The maximum Gasteiger partial charge on any atom is 0.191 e. The number of aryl methyl sites for hydroxylation is 2. The fourth-order valence-corrected chi connectivity index (χ4v) is 2.48. The van der Waals surface area contributed by atoms with Crippen LogP contribution in [0.15, 0.2) is 41.9 Å². The van der Waals surface area contributed by atoms with Crippen LogP contribution in [0, 0.1) is 6.92 Å². The molecule has 7 nitrogen and oxygen atoms in total. The smallest absolute Gasteiger partial charge is 0.191 e. The van der Waals surface area contributed by atoms with Crippen LogP contribution >= 0.6 is 0 Å². The zero-order chi connectivity index (χ0) is 18.6. The first kappa shape index (κ1) is 19.8. The first-order valence-corrected chi connectivity index (χ1v) is 9.25. The number of ether oxygens (including phenoxy) is 1. The van der Waals surface area contributed by atoms with Gasteiger partial charge in [0.05, 0.1) is 6.54 Å². The molecular formula is C19H30N6O. The number of guanidine groups is 1. The highest BCUT2D eigenvalue weighted by Crippen LogP contribution is 2.14. The summed E-state index contributed by atoms with van der Waals surface area (Å²) < 4.78 is 7.92. The maximum absolute atomic E-state index is 5.93. The van der Waals surface area contributed by atoms with Crippen LogP contribution in [0.1, 0.15) is 32.3 Å². The number of unbranched alkanes of at least 4 members (excludes halogenated alkanes) is 1. The highest BCUT2D eigenvalue weighted by molar-refractivity contribution is 5.79. The number of aromatic nitrogens is 3. The topological polar surface area (TPSA) is 76.4 Å². The molecule has 0 aliphatic carbocycles. The SMILES string of the molecule is CCNC(=NCC(C)Oc1cccc(C)c1)NCCCCn1cnnc1. The lowest BCUT2D eigenvalue weighted by Crippen LogP contribution is -2.38. The van der Waals surface area contributed by atoms with Gasteiger partial charge in [-0.2, -0.15) is 0 Å². The standard InChI is InChI=1S/C19H30N6O/c1-4-20-19(21-10-5-6-11-25-14-23-24-15-25)22-13-17(3)26-18-9-7-8-16(2)12-18/h7-9,12,14-15,17H,4-6,10-11,13H2,1-3H3,(H2,20,21,22). The van der Waals surface area contributed by atoms with Gasteiger partial charge in [-0.15, -0.1) is 10.2 Å². The molecule has 7 heteroatoms. The molecule has 0 amide bonds. The number of nitrogens with zero attached hydrogens (tertiary/aromatic N) is 4. The van der Waals surface area contributed by atoms with Crippen molar-refractivity contribution in [3.05, 3.63) is 42.5 Å². The molecule has 1 aromatic heterocycles. The Morgan fingerprint density at radius 1 is 1.23 bits per heavy atom. The van der Waals surface area contributed by atoms with E-state index in [-0.39, 0.29) is 6.10 Å². The Kier molecular flexibility index (Phi) is 8.45. The molecule has 0 fully saturated rings. The van der Waals surface area contributed by atoms with Crippen LogP contribution in [0.4, 0.5) is 0 Å². The van der Waals surface area contributed by atoms with Crippen molar-refractivity contribution in [3.63, 3.8) is 0 Å². The fraction of sp³-hybridized carbons (Fsp3) is 0.526. The molecular weight excluding hydrogens is 328 g/mol. The second kappa shape index (κ2) is 11.1. The van der Waals surface area contributed by atoms with Gasteiger partial charge in [-0.25, -0.2) is 4.99 Å². The molecule has 0 bridgehead atoms. The van der Waals surface area contributed by atoms with Gasteiger partial charge in [0, 0.05) is 19.6 Å². The third-order valence-corrected chi connectivity index (χ3v) is 3.78. The Balaban J connectivity index is 1.70. The predicted octanol–water partition coefficient (Wildman–Crippen LogP) is 2.39. The number of hydrogen-bond donors (Lipinski definition) is 2. The third kappa shape index (κ3) is 7.55. The van der Waals surface area contributed by atoms with Crippen molar-refractivity contribution in [3.8, 4) is 5.75 Å². The lowest BCUT2D eigenvalue weighted by molar-refractivity contribution is 0.230. The van der Waals surface area contributed by atoms with E-state index in [0.29, 0.717) is 6.54 Å². The van der Waals surface area contributed by atoms with Crippen LogP contribution in [0.3, 0.4) is 0 Å². The van der Waals surface area contributed by atoms with E-state index in [1.165, 1.54) is 5.56 Å². The Labute approximate surface area is 155 Å². The Bertz CT molecular complexity index is 656. The molecule has 0 spiro atoms. The van der Waals surface area contributed by atoms with Crippen molar-refractivity contribution in [2.24, 2.45) is 4.99 Å². The quantitative estimate of drug-likeness (QED) is 0.387. The lowest BCUT2D eigenvalue weighted by Gasteiger charge is -2.15. The minimum Gasteiger partial charge on any atom is -0.489 e. The second-order valence-corrected chi connectivity index (χ2v) is 6.30. The van der Waals surface area contributed by atoms with E-state index >= 15 is 0 Å². The van der Waals surface area contributed by atoms with Crippen molar-refractivity contribution in [2.45, 2.75) is 46.3 Å². The highest BCUT2D eigenvalue weighted by Gasteiger charge is 2.05. The molecule has 142 valence electrons. The molecule has 0 saturated carbocycles. The van der Waals surface area contributed by atoms with E-state index in [2.05, 4.69) is 45.7 Å². The van der Waals surface area contributed by atoms with Gasteiger partial charge in [0.15, 0.2) is 5.96 Å². The van der Waals surface area contributed by atoms with Crippen molar-refractivity contribution >= 4 is 5.96 Å². The van der Waals surface area contributed by atoms with Crippen molar-refractivity contribution < 1.29 is 4.74 Å². The Morgan fingerprint density at radius 3 is 2.77 bits per heavy atom. The summed E-state index contributed by atoms with van der Waals surface area (Å²) in [5.41, 5.74) is 1.19. The normalized spacial score (nSPS) is 12.7. The van der Waals surface area contributed by atoms with E-state index in [4.69, 9.17) is 4.74 Å². The second-order valence-electron chi connectivity index (χ2n) is 6.30. The molecule has 1 aromatic carbocycles. The van der Waals surface area contributed by atoms with Gasteiger partial charge < -0.3 is 19.9 Å². The molecule has 1 unspecified atom stereocenters. The summed E-state index contributed by atoms with van der Waals surface area (Å²) in [7, 11) is 0. The van der Waals surface area contributed by atoms with Crippen molar-refractivity contribution in [2.75, 3.05) is 19.6 Å². The van der Waals surface area contributed by atoms with Crippen LogP contribution in [0.2, 0.25) is 0 Å². The first-order valence-electron chi connectivity index (χ1n) is 9.25. The van der Waals surface area contributed by atoms with E-state index in [9.17, 15) is 0 Å². The summed E-state index contributed by atoms with van der Waals surface area (Å²) in [6.07, 6.45) is 5.62. The molecule has 2 rings (SSSR count). The summed E-state index contributed by atoms with van der Waals surface area (Å²) >= 11 is 0. The number of rotatable bonds is 10. The summed E-state index contributed by atoms with van der Waals surface area (Å²) in [4.78, 5) is 4.62. The number of aliphatic imine (C=N–C) groups is 1. The van der Waals surface area contributed by atoms with Crippen LogP contribution < -0.4 is 15.4 Å². The molecule has 0 saturated heterocycles. The number of nitrogens with one attached hydrogen (secondary N) is 2. The molecule has 2 aromatic rings. The minimum atomic E-state index is 0.0148. The van der Waals surface area contributed by atoms with Gasteiger partial charge >= 0.3 is 0 Å². The summed E-state index contributed by atoms with van der Waals surface area (Å²) in [6, 6.07) is 8.09. The molecule has 0 aliphatic heterocycles. The zero-order valence-corrected chi connectivity index (χ0v) is 16.0. The zero-order valence-electron chi connectivity index (χ0n) is 16.0. The molecule has 1 atom stereocenters. The summed E-state index contributed by atoms with van der Waals surface area (Å²) in [6.45, 7) is 9.41. The molecule has 0 aliphatic rings. The van der Waals surface area contributed by atoms with Crippen molar-refractivity contribution in [1.29, 1.82) is 0 Å². The number of hydrogen-bond acceptors (Lipinski definition) is 4. The van der Waals surface area contributed by atoms with E-state index in [1.54, 1.807) is 12.7 Å². The summed E-state index contributed by atoms with van der Waals surface area (Å²) in [5, 5.41) is 14.3. The third-order valence-electron chi connectivity index (χ3n) is 3.78. The van der Waals surface area contributed by atoms with Gasteiger partial charge in [0.1, 0.15) is 24.5 Å². The lowest BCUT2D eigenvalue weighted by atomic mass is 10.2. The van der Waals surface area contributed by atoms with E-state index < -0.39 is 0 Å². The average molecular weight is 358 g/mol. The van der Waals surface area contributed by atoms with Crippen LogP contribution in [-0.2, 0) is 6.54 Å². The van der Waals surface area contributed by atoms with Crippen molar-refractivity contribution in [1.82, 2.24) is 25.4 Å². The van der Waals surface area contributed by atoms with Gasteiger partial charge in [-0.05, 0) is 51.3 Å². The average Bonchev–Trinajstić information content (AvgIpc) is 3.12. The Hall–Kier alpha value is -2.57. The van der Waals surface area contributed by atoms with Crippen LogP contribution in [-0.4, -0.2) is 46.5 Å². The van der Waals surface area contributed by atoms with E-state index in [0.717, 1.165) is 44.2 Å². The molecule has 2 N–H and O–H groups in total. The van der Waals surface area contributed by atoms with Crippen LogP contribution in [0.5, 0.6) is 5.75 Å². The maximum atomic E-state index is 5.93. The molecule has 26 heavy (non-hydrogen) atoms. The molecule has 0 radical (unpaired) electrons. The predicted molar refractivity (Wildman–Crippen MR) is 105 cm³/mol. The van der Waals surface area contributed by atoms with Gasteiger partial charge in [0.2, 0.25) is 0 Å². The summed E-state index contributed by atoms with van der Waals surface area (Å²) in [5.74, 6) is 1.72. The highest BCUT2D eigenvalue weighted by atomic mass is 16.5. The monoisotopic (exact) mass is 358 g/mol. The first-order chi connectivity index (χ1) is 12.7. The van der Waals surface area contributed by atoms with Gasteiger partial charge in [-0.3, -0.25) is 0 Å². The van der Waals surface area contributed by atoms with Crippen LogP contribution in [0.25, 0.3) is 0 Å².